The number of ether oxygens (including phenoxy) is 2. The second-order valence-corrected chi connectivity index (χ2v) is 10.6. The molecule has 1 saturated heterocycles. The summed E-state index contributed by atoms with van der Waals surface area (Å²) in [6.07, 6.45) is -5.06. The van der Waals surface area contributed by atoms with Gasteiger partial charge in [-0.05, 0) is 37.4 Å². The van der Waals surface area contributed by atoms with Gasteiger partial charge in [0.1, 0.15) is 34.5 Å². The van der Waals surface area contributed by atoms with Gasteiger partial charge in [0.2, 0.25) is 5.91 Å². The summed E-state index contributed by atoms with van der Waals surface area (Å²) in [4.78, 5) is 34.8. The molecule has 0 unspecified atom stereocenters. The molecule has 4 aromatic rings. The normalized spacial score (nSPS) is 14.1. The number of pyridine rings is 1. The van der Waals surface area contributed by atoms with Gasteiger partial charge in [0.05, 0.1) is 23.9 Å². The molecular formula is C30H27F7N6O4. The lowest BCUT2D eigenvalue weighted by Crippen LogP contribution is -2.45. The van der Waals surface area contributed by atoms with Crippen molar-refractivity contribution in [2.45, 2.75) is 12.8 Å². The number of anilines is 1. The van der Waals surface area contributed by atoms with Crippen LogP contribution in [0.5, 0.6) is 11.5 Å². The van der Waals surface area contributed by atoms with Crippen LogP contribution >= 0.6 is 0 Å². The third kappa shape index (κ3) is 6.34. The number of primary amides is 1. The van der Waals surface area contributed by atoms with Crippen molar-refractivity contribution in [3.05, 3.63) is 75.6 Å². The minimum Gasteiger partial charge on any atom is -0.497 e. The number of alkyl halides is 5. The molecule has 0 radical (unpaired) electrons. The molecule has 1 aliphatic rings. The molecule has 2 aromatic carbocycles. The first-order chi connectivity index (χ1) is 22.1. The third-order valence-corrected chi connectivity index (χ3v) is 7.70. The van der Waals surface area contributed by atoms with E-state index in [1.165, 1.54) is 0 Å². The Morgan fingerprint density at radius 1 is 0.936 bits per heavy atom. The molecule has 2 aromatic heterocycles. The molecule has 0 bridgehead atoms. The molecule has 1 aliphatic heterocycles. The van der Waals surface area contributed by atoms with Gasteiger partial charge in [-0.1, -0.05) is 0 Å². The Hall–Kier alpha value is -5.06. The monoisotopic (exact) mass is 668 g/mol. The Labute approximate surface area is 262 Å². The number of halogens is 7. The molecule has 2 N–H and O–H groups in total. The summed E-state index contributed by atoms with van der Waals surface area (Å²) in [6, 6.07) is 6.08. The van der Waals surface area contributed by atoms with E-state index in [0.717, 1.165) is 61.3 Å². The second kappa shape index (κ2) is 12.6. The van der Waals surface area contributed by atoms with Gasteiger partial charge in [0, 0.05) is 56.5 Å². The van der Waals surface area contributed by atoms with Gasteiger partial charge in [-0.3, -0.25) is 14.3 Å². The van der Waals surface area contributed by atoms with E-state index in [1.54, 1.807) is 4.90 Å². The van der Waals surface area contributed by atoms with Crippen LogP contribution < -0.4 is 25.7 Å². The fraction of sp³-hybridized carbons (Fsp3) is 0.300. The van der Waals surface area contributed by atoms with Crippen LogP contribution in [-0.2, 0) is 13.2 Å². The Morgan fingerprint density at radius 3 is 2.13 bits per heavy atom. The molecular weight excluding hydrogens is 641 g/mol. The summed E-state index contributed by atoms with van der Waals surface area (Å²) in [5.41, 5.74) is -0.516. The Balaban J connectivity index is 1.90. The fourth-order valence-electron chi connectivity index (χ4n) is 5.42. The number of carbonyl (C=O) groups excluding carboxylic acids is 1. The minimum atomic E-state index is -5.06. The van der Waals surface area contributed by atoms with Crippen molar-refractivity contribution in [3.8, 4) is 39.7 Å². The highest BCUT2D eigenvalue weighted by Crippen LogP contribution is 2.40. The Bertz CT molecular complexity index is 1880. The topological polar surface area (TPSA) is 108 Å². The van der Waals surface area contributed by atoms with Crippen LogP contribution in [-0.4, -0.2) is 72.1 Å². The van der Waals surface area contributed by atoms with Crippen LogP contribution in [0.25, 0.3) is 28.2 Å². The van der Waals surface area contributed by atoms with Gasteiger partial charge in [0.25, 0.3) is 5.56 Å². The fourth-order valence-corrected chi connectivity index (χ4v) is 5.42. The van der Waals surface area contributed by atoms with Crippen molar-refractivity contribution in [2.24, 2.45) is 12.8 Å². The molecule has 0 aliphatic carbocycles. The van der Waals surface area contributed by atoms with E-state index in [1.807, 2.05) is 11.9 Å². The van der Waals surface area contributed by atoms with Crippen LogP contribution in [0.1, 0.15) is 15.9 Å². The molecule has 0 saturated carbocycles. The van der Waals surface area contributed by atoms with Crippen molar-refractivity contribution >= 4 is 11.7 Å². The molecule has 17 heteroatoms. The zero-order valence-corrected chi connectivity index (χ0v) is 25.0. The number of hydrogen-bond donors (Lipinski definition) is 1. The van der Waals surface area contributed by atoms with Crippen molar-refractivity contribution in [2.75, 3.05) is 45.2 Å². The third-order valence-electron chi connectivity index (χ3n) is 7.70. The molecule has 1 fully saturated rings. The lowest BCUT2D eigenvalue weighted by atomic mass is 9.95. The maximum atomic E-state index is 15.7. The number of aromatic nitrogens is 3. The lowest BCUT2D eigenvalue weighted by Gasteiger charge is -2.33. The maximum absolute atomic E-state index is 15.7. The van der Waals surface area contributed by atoms with Gasteiger partial charge < -0.3 is 25.0 Å². The van der Waals surface area contributed by atoms with Crippen LogP contribution in [0.15, 0.2) is 47.3 Å². The minimum absolute atomic E-state index is 0.0873. The van der Waals surface area contributed by atoms with Crippen molar-refractivity contribution in [1.82, 2.24) is 19.2 Å². The van der Waals surface area contributed by atoms with Gasteiger partial charge in [-0.25, -0.2) is 13.8 Å². The maximum Gasteiger partial charge on any atom is 0.420 e. The van der Waals surface area contributed by atoms with Crippen LogP contribution in [0.2, 0.25) is 0 Å². The number of amides is 1. The standard InChI is InChI=1S/C30H27F7N6O4/c1-40-8-10-42(11-9-40)22-7-6-19(30(35,36)37)27(39-22)43-28(45)23(18-12-15(47-29(33)34)4-5-17(18)26(38)44)25(41(43)2)24-20(31)13-16(46-3)14-21(24)32/h4-7,12-14,29H,8-11H2,1-3H3,(H2,38,44). The van der Waals surface area contributed by atoms with Crippen LogP contribution in [0, 0.1) is 11.6 Å². The van der Waals surface area contributed by atoms with E-state index in [-0.39, 0.29) is 11.6 Å². The zero-order valence-electron chi connectivity index (χ0n) is 25.0. The first-order valence-corrected chi connectivity index (χ1v) is 13.9. The Morgan fingerprint density at radius 2 is 1.57 bits per heavy atom. The van der Waals surface area contributed by atoms with Crippen molar-refractivity contribution < 1.29 is 45.0 Å². The van der Waals surface area contributed by atoms with E-state index >= 15 is 8.78 Å². The summed E-state index contributed by atoms with van der Waals surface area (Å²) in [7, 11) is 4.06. The number of carbonyl (C=O) groups is 1. The number of nitrogens with zero attached hydrogens (tertiary/aromatic N) is 5. The largest absolute Gasteiger partial charge is 0.497 e. The van der Waals surface area contributed by atoms with Crippen molar-refractivity contribution in [1.29, 1.82) is 0 Å². The summed E-state index contributed by atoms with van der Waals surface area (Å²) >= 11 is 0. The molecule has 1 amide bonds. The highest BCUT2D eigenvalue weighted by atomic mass is 19.4. The van der Waals surface area contributed by atoms with E-state index in [2.05, 4.69) is 9.72 Å². The SMILES string of the molecule is COc1cc(F)c(-c2c(-c3cc(OC(F)F)ccc3C(N)=O)c(=O)n(-c3nc(N4CCN(C)CC4)ccc3C(F)(F)F)n2C)c(F)c1. The lowest BCUT2D eigenvalue weighted by molar-refractivity contribution is -0.137. The number of methoxy groups -OCH3 is 1. The summed E-state index contributed by atoms with van der Waals surface area (Å²) in [5, 5.41) is 0. The van der Waals surface area contributed by atoms with E-state index in [9.17, 15) is 31.5 Å². The number of nitrogens with two attached hydrogens (primary N) is 1. The molecule has 0 spiro atoms. The van der Waals surface area contributed by atoms with Crippen LogP contribution in [0.4, 0.5) is 36.6 Å². The highest BCUT2D eigenvalue weighted by molar-refractivity contribution is 6.02. The van der Waals surface area contributed by atoms with E-state index in [0.29, 0.717) is 30.9 Å². The average molecular weight is 669 g/mol. The predicted molar refractivity (Wildman–Crippen MR) is 156 cm³/mol. The number of likely N-dealkylation sites (N-methyl/N-ethyl adjacent to an activating group) is 1. The predicted octanol–water partition coefficient (Wildman–Crippen LogP) is 4.66. The second-order valence-electron chi connectivity index (χ2n) is 10.6. The summed E-state index contributed by atoms with van der Waals surface area (Å²) < 4.78 is 112. The summed E-state index contributed by atoms with van der Waals surface area (Å²) in [6.45, 7) is -1.43. The van der Waals surface area contributed by atoms with Crippen molar-refractivity contribution in [3.63, 3.8) is 0 Å². The number of hydrogen-bond acceptors (Lipinski definition) is 7. The quantitative estimate of drug-likeness (QED) is 0.272. The highest BCUT2D eigenvalue weighted by Gasteiger charge is 2.38. The van der Waals surface area contributed by atoms with Gasteiger partial charge in [-0.15, -0.1) is 0 Å². The summed E-state index contributed by atoms with van der Waals surface area (Å²) in [5.74, 6) is -5.49. The first kappa shape index (κ1) is 33.3. The molecule has 3 heterocycles. The molecule has 47 heavy (non-hydrogen) atoms. The van der Waals surface area contributed by atoms with Gasteiger partial charge >= 0.3 is 12.8 Å². The molecule has 0 atom stereocenters. The molecule has 5 rings (SSSR count). The molecule has 10 nitrogen and oxygen atoms in total. The number of rotatable bonds is 8. The Kier molecular flexibility index (Phi) is 8.94. The van der Waals surface area contributed by atoms with Crippen LogP contribution in [0.3, 0.4) is 0 Å². The smallest absolute Gasteiger partial charge is 0.420 e. The number of benzene rings is 2. The average Bonchev–Trinajstić information content (AvgIpc) is 3.24. The number of piperazine rings is 1. The zero-order chi connectivity index (χ0) is 34.4. The first-order valence-electron chi connectivity index (χ1n) is 13.9. The van der Waals surface area contributed by atoms with Gasteiger partial charge in [-0.2, -0.15) is 26.6 Å². The van der Waals surface area contributed by atoms with Gasteiger partial charge in [0.15, 0.2) is 5.82 Å². The molecule has 250 valence electrons. The van der Waals surface area contributed by atoms with E-state index < -0.39 is 81.0 Å². The van der Waals surface area contributed by atoms with E-state index in [4.69, 9.17) is 10.5 Å².